The summed E-state index contributed by atoms with van der Waals surface area (Å²) in [5.74, 6) is 0. The lowest BCUT2D eigenvalue weighted by atomic mass is 10.4. The number of hydrogen-bond donors (Lipinski definition) is 1. The fourth-order valence-corrected chi connectivity index (χ4v) is 1.06. The zero-order valence-electron chi connectivity index (χ0n) is 8.44. The number of hydrogen-bond acceptors (Lipinski definition) is 4. The van der Waals surface area contributed by atoms with Crippen molar-refractivity contribution in [3.63, 3.8) is 0 Å². The van der Waals surface area contributed by atoms with Gasteiger partial charge in [-0.15, -0.1) is 5.10 Å². The Labute approximate surface area is 83.8 Å². The molecule has 0 atom stereocenters. The van der Waals surface area contributed by atoms with E-state index in [1.54, 1.807) is 4.68 Å². The third-order valence-electron chi connectivity index (χ3n) is 1.69. The van der Waals surface area contributed by atoms with E-state index in [4.69, 9.17) is 4.74 Å². The van der Waals surface area contributed by atoms with Crippen LogP contribution in [0.4, 0.5) is 0 Å². The molecule has 0 fully saturated rings. The summed E-state index contributed by atoms with van der Waals surface area (Å²) in [6, 6.07) is 0. The minimum atomic E-state index is 0.705. The largest absolute Gasteiger partial charge is 0.502 e. The minimum absolute atomic E-state index is 0.705. The molecule has 0 aliphatic rings. The van der Waals surface area contributed by atoms with Crippen molar-refractivity contribution >= 4 is 0 Å². The van der Waals surface area contributed by atoms with Gasteiger partial charge in [0.2, 0.25) is 0 Å². The molecule has 0 aliphatic carbocycles. The van der Waals surface area contributed by atoms with Crippen LogP contribution in [0.3, 0.4) is 0 Å². The maximum atomic E-state index is 4.98. The Balaban J connectivity index is 2.01. The second kappa shape index (κ2) is 6.15. The Hall–Kier alpha value is -1.36. The number of ether oxygens (including phenoxy) is 1. The van der Waals surface area contributed by atoms with Crippen LogP contribution in [0.1, 0.15) is 12.1 Å². The molecule has 1 rings (SSSR count). The number of aryl methyl sites for hydroxylation is 1. The molecule has 0 radical (unpaired) electrons. The molecule has 0 aliphatic heterocycles. The van der Waals surface area contributed by atoms with Gasteiger partial charge in [0.25, 0.3) is 0 Å². The molecule has 1 heterocycles. The molecular weight excluding hydrogens is 180 g/mol. The minimum Gasteiger partial charge on any atom is -0.502 e. The monoisotopic (exact) mass is 196 g/mol. The van der Waals surface area contributed by atoms with Crippen molar-refractivity contribution < 1.29 is 4.74 Å². The van der Waals surface area contributed by atoms with Gasteiger partial charge in [0.1, 0.15) is 0 Å². The van der Waals surface area contributed by atoms with Crippen molar-refractivity contribution in [1.82, 2.24) is 20.3 Å². The zero-order valence-corrected chi connectivity index (χ0v) is 8.44. The Morgan fingerprint density at radius 1 is 1.71 bits per heavy atom. The van der Waals surface area contributed by atoms with Crippen LogP contribution in [0.5, 0.6) is 0 Å². The van der Waals surface area contributed by atoms with E-state index in [-0.39, 0.29) is 0 Å². The van der Waals surface area contributed by atoms with E-state index in [0.29, 0.717) is 6.61 Å². The first-order valence-corrected chi connectivity index (χ1v) is 4.61. The van der Waals surface area contributed by atoms with Gasteiger partial charge in [-0.25, -0.2) is 0 Å². The van der Waals surface area contributed by atoms with Crippen molar-refractivity contribution in [3.8, 4) is 0 Å². The van der Waals surface area contributed by atoms with Crippen LogP contribution in [0.2, 0.25) is 0 Å². The van der Waals surface area contributed by atoms with Gasteiger partial charge in [-0.2, -0.15) is 0 Å². The highest BCUT2D eigenvalue weighted by Gasteiger charge is 1.96. The molecule has 0 saturated heterocycles. The van der Waals surface area contributed by atoms with Crippen molar-refractivity contribution in [2.75, 3.05) is 13.2 Å². The Kier molecular flexibility index (Phi) is 4.71. The molecule has 0 spiro atoms. The van der Waals surface area contributed by atoms with E-state index in [9.17, 15) is 0 Å². The lowest BCUT2D eigenvalue weighted by Crippen LogP contribution is -2.16. The van der Waals surface area contributed by atoms with E-state index in [1.165, 1.54) is 6.26 Å². The number of nitrogens with zero attached hydrogens (tertiary/aromatic N) is 3. The highest BCUT2D eigenvalue weighted by atomic mass is 16.5. The molecule has 0 unspecified atom stereocenters. The van der Waals surface area contributed by atoms with E-state index < -0.39 is 0 Å². The van der Waals surface area contributed by atoms with Gasteiger partial charge >= 0.3 is 0 Å². The molecule has 5 heteroatoms. The van der Waals surface area contributed by atoms with E-state index in [2.05, 4.69) is 22.2 Å². The standard InChI is InChI=1S/C9H16N4O/c1-3-14-6-4-5-10-7-9-8-13(2)12-11-9/h3,8,10H,1,4-7H2,2H3. The third-order valence-corrected chi connectivity index (χ3v) is 1.69. The molecule has 1 N–H and O–H groups in total. The molecule has 1 aromatic rings. The summed E-state index contributed by atoms with van der Waals surface area (Å²) in [5, 5.41) is 11.0. The zero-order chi connectivity index (χ0) is 10.2. The molecule has 0 aromatic carbocycles. The molecule has 78 valence electrons. The first-order valence-electron chi connectivity index (χ1n) is 4.61. The van der Waals surface area contributed by atoms with Crippen LogP contribution >= 0.6 is 0 Å². The highest BCUT2D eigenvalue weighted by molar-refractivity contribution is 4.90. The summed E-state index contributed by atoms with van der Waals surface area (Å²) in [6.45, 7) is 5.83. The van der Waals surface area contributed by atoms with Crippen molar-refractivity contribution in [2.45, 2.75) is 13.0 Å². The molecule has 0 bridgehead atoms. The van der Waals surface area contributed by atoms with E-state index in [1.807, 2.05) is 13.2 Å². The summed E-state index contributed by atoms with van der Waals surface area (Å²) < 4.78 is 6.67. The summed E-state index contributed by atoms with van der Waals surface area (Å²) >= 11 is 0. The molecule has 0 saturated carbocycles. The molecule has 0 amide bonds. The smallest absolute Gasteiger partial charge is 0.0964 e. The van der Waals surface area contributed by atoms with Crippen molar-refractivity contribution in [1.29, 1.82) is 0 Å². The molecule has 14 heavy (non-hydrogen) atoms. The van der Waals surface area contributed by atoms with Gasteiger partial charge in [0.05, 0.1) is 18.6 Å². The second-order valence-electron chi connectivity index (χ2n) is 2.95. The average molecular weight is 196 g/mol. The van der Waals surface area contributed by atoms with Crippen molar-refractivity contribution in [3.05, 3.63) is 24.7 Å². The fourth-order valence-electron chi connectivity index (χ4n) is 1.06. The average Bonchev–Trinajstić information content (AvgIpc) is 2.58. The lowest BCUT2D eigenvalue weighted by molar-refractivity contribution is 0.244. The van der Waals surface area contributed by atoms with Crippen LogP contribution in [0, 0.1) is 0 Å². The maximum absolute atomic E-state index is 4.98. The van der Waals surface area contributed by atoms with Gasteiger partial charge in [-0.05, 0) is 13.0 Å². The van der Waals surface area contributed by atoms with Crippen molar-refractivity contribution in [2.24, 2.45) is 7.05 Å². The molecule has 5 nitrogen and oxygen atoms in total. The van der Waals surface area contributed by atoms with Gasteiger partial charge < -0.3 is 10.1 Å². The predicted octanol–water partition coefficient (Wildman–Crippen LogP) is 0.455. The van der Waals surface area contributed by atoms with Gasteiger partial charge in [0.15, 0.2) is 0 Å². The van der Waals surface area contributed by atoms with Gasteiger partial charge in [-0.3, -0.25) is 4.68 Å². The lowest BCUT2D eigenvalue weighted by Gasteiger charge is -2.01. The first kappa shape index (κ1) is 10.7. The summed E-state index contributed by atoms with van der Waals surface area (Å²) in [7, 11) is 1.86. The Morgan fingerprint density at radius 2 is 2.57 bits per heavy atom. The quantitative estimate of drug-likeness (QED) is 0.508. The van der Waals surface area contributed by atoms with Crippen LogP contribution in [0.25, 0.3) is 0 Å². The van der Waals surface area contributed by atoms with Crippen LogP contribution in [0.15, 0.2) is 19.0 Å². The summed E-state index contributed by atoms with van der Waals surface area (Å²) in [5.41, 5.74) is 0.956. The number of nitrogens with one attached hydrogen (secondary N) is 1. The highest BCUT2D eigenvalue weighted by Crippen LogP contribution is 1.90. The topological polar surface area (TPSA) is 52.0 Å². The van der Waals surface area contributed by atoms with Crippen LogP contribution in [-0.4, -0.2) is 28.1 Å². The normalized spacial score (nSPS) is 10.1. The molecular formula is C9H16N4O. The number of rotatable bonds is 7. The van der Waals surface area contributed by atoms with Crippen LogP contribution < -0.4 is 5.32 Å². The van der Waals surface area contributed by atoms with Gasteiger partial charge in [-0.1, -0.05) is 11.8 Å². The summed E-state index contributed by atoms with van der Waals surface area (Å²) in [6.07, 6.45) is 4.32. The van der Waals surface area contributed by atoms with Crippen LogP contribution in [-0.2, 0) is 18.3 Å². The third kappa shape index (κ3) is 4.04. The number of aromatic nitrogens is 3. The Morgan fingerprint density at radius 3 is 3.21 bits per heavy atom. The Bertz CT molecular complexity index is 272. The summed E-state index contributed by atoms with van der Waals surface area (Å²) in [4.78, 5) is 0. The van der Waals surface area contributed by atoms with Gasteiger partial charge in [0, 0.05) is 19.8 Å². The van der Waals surface area contributed by atoms with E-state index in [0.717, 1.165) is 25.2 Å². The molecule has 1 aromatic heterocycles. The second-order valence-corrected chi connectivity index (χ2v) is 2.95. The maximum Gasteiger partial charge on any atom is 0.0964 e. The predicted molar refractivity (Wildman–Crippen MR) is 53.5 cm³/mol. The first-order chi connectivity index (χ1) is 6.83. The SMILES string of the molecule is C=COCCCNCc1cn(C)nn1. The van der Waals surface area contributed by atoms with E-state index >= 15 is 0 Å². The fraction of sp³-hybridized carbons (Fsp3) is 0.556.